The fraction of sp³-hybridized carbons (Fsp3) is 0.533. The van der Waals surface area contributed by atoms with Gasteiger partial charge in [0.05, 0.1) is 26.2 Å². The number of hydrogen-bond donors (Lipinski definition) is 1. The van der Waals surface area contributed by atoms with Crippen molar-refractivity contribution in [3.8, 4) is 0 Å². The van der Waals surface area contributed by atoms with E-state index in [1.54, 1.807) is 0 Å². The van der Waals surface area contributed by atoms with Crippen molar-refractivity contribution in [2.45, 2.75) is 32.0 Å². The lowest BCUT2D eigenvalue weighted by Crippen LogP contribution is -2.35. The first-order chi connectivity index (χ1) is 9.29. The number of benzene rings is 1. The monoisotopic (exact) mass is 263 g/mol. The SMILES string of the molecule is COC(=O)Cc1ccccc1CO[C@H]1CCCNC1. The molecule has 0 spiro atoms. The normalized spacial score (nSPS) is 19.1. The number of carbonyl (C=O) groups is 1. The quantitative estimate of drug-likeness (QED) is 0.821. The summed E-state index contributed by atoms with van der Waals surface area (Å²) >= 11 is 0. The van der Waals surface area contributed by atoms with Gasteiger partial charge < -0.3 is 14.8 Å². The Bertz CT molecular complexity index is 414. The van der Waals surface area contributed by atoms with Crippen LogP contribution in [0.25, 0.3) is 0 Å². The van der Waals surface area contributed by atoms with Gasteiger partial charge in [-0.2, -0.15) is 0 Å². The number of hydrogen-bond acceptors (Lipinski definition) is 4. The third kappa shape index (κ3) is 4.33. The molecule has 1 aromatic carbocycles. The van der Waals surface area contributed by atoms with E-state index in [1.165, 1.54) is 7.11 Å². The Labute approximate surface area is 114 Å². The number of methoxy groups -OCH3 is 1. The van der Waals surface area contributed by atoms with Crippen LogP contribution < -0.4 is 5.32 Å². The lowest BCUT2D eigenvalue weighted by Gasteiger charge is -2.23. The van der Waals surface area contributed by atoms with Gasteiger partial charge in [0, 0.05) is 6.54 Å². The summed E-state index contributed by atoms with van der Waals surface area (Å²) in [5, 5.41) is 3.33. The zero-order chi connectivity index (χ0) is 13.5. The molecule has 2 rings (SSSR count). The summed E-state index contributed by atoms with van der Waals surface area (Å²) in [6.45, 7) is 2.55. The van der Waals surface area contributed by atoms with Gasteiger partial charge in [-0.05, 0) is 30.5 Å². The maximum absolute atomic E-state index is 11.4. The Morgan fingerprint density at radius 3 is 2.84 bits per heavy atom. The summed E-state index contributed by atoms with van der Waals surface area (Å²) in [5.74, 6) is -0.216. The molecule has 1 saturated heterocycles. The van der Waals surface area contributed by atoms with Gasteiger partial charge in [-0.1, -0.05) is 24.3 Å². The maximum Gasteiger partial charge on any atom is 0.309 e. The first kappa shape index (κ1) is 14.0. The molecule has 4 nitrogen and oxygen atoms in total. The third-order valence-electron chi connectivity index (χ3n) is 3.41. The summed E-state index contributed by atoms with van der Waals surface area (Å²) in [4.78, 5) is 11.4. The Kier molecular flexibility index (Phi) is 5.36. The number of rotatable bonds is 5. The Morgan fingerprint density at radius 2 is 2.16 bits per heavy atom. The molecule has 0 aliphatic carbocycles. The molecular formula is C15H21NO3. The number of esters is 1. The molecular weight excluding hydrogens is 242 g/mol. The second-order valence-corrected chi connectivity index (χ2v) is 4.80. The number of piperidine rings is 1. The molecule has 0 amide bonds. The highest BCUT2D eigenvalue weighted by Crippen LogP contribution is 2.14. The molecule has 0 unspecified atom stereocenters. The van der Waals surface area contributed by atoms with Crippen molar-refractivity contribution in [3.63, 3.8) is 0 Å². The molecule has 0 bridgehead atoms. The van der Waals surface area contributed by atoms with E-state index >= 15 is 0 Å². The predicted molar refractivity (Wildman–Crippen MR) is 72.8 cm³/mol. The second kappa shape index (κ2) is 7.26. The van der Waals surface area contributed by atoms with E-state index < -0.39 is 0 Å². The fourth-order valence-electron chi connectivity index (χ4n) is 2.27. The van der Waals surface area contributed by atoms with Crippen LogP contribution in [-0.4, -0.2) is 32.3 Å². The summed E-state index contributed by atoms with van der Waals surface area (Å²) in [6.07, 6.45) is 2.85. The van der Waals surface area contributed by atoms with Gasteiger partial charge in [0.15, 0.2) is 0 Å². The lowest BCUT2D eigenvalue weighted by atomic mass is 10.0. The van der Waals surface area contributed by atoms with Crippen molar-refractivity contribution in [2.24, 2.45) is 0 Å². The standard InChI is InChI=1S/C15H21NO3/c1-18-15(17)9-12-5-2-3-6-13(12)11-19-14-7-4-8-16-10-14/h2-3,5-6,14,16H,4,7-11H2,1H3/t14-/m0/s1. The minimum absolute atomic E-state index is 0.216. The van der Waals surface area contributed by atoms with Crippen LogP contribution >= 0.6 is 0 Å². The van der Waals surface area contributed by atoms with E-state index in [0.29, 0.717) is 13.0 Å². The minimum Gasteiger partial charge on any atom is -0.469 e. The second-order valence-electron chi connectivity index (χ2n) is 4.80. The summed E-state index contributed by atoms with van der Waals surface area (Å²) < 4.78 is 10.6. The van der Waals surface area contributed by atoms with Crippen molar-refractivity contribution in [2.75, 3.05) is 20.2 Å². The van der Waals surface area contributed by atoms with E-state index in [-0.39, 0.29) is 12.1 Å². The van der Waals surface area contributed by atoms with Gasteiger partial charge in [0.1, 0.15) is 0 Å². The molecule has 1 aromatic rings. The van der Waals surface area contributed by atoms with Gasteiger partial charge in [-0.25, -0.2) is 0 Å². The summed E-state index contributed by atoms with van der Waals surface area (Å²) in [7, 11) is 1.41. The fourth-order valence-corrected chi connectivity index (χ4v) is 2.27. The zero-order valence-electron chi connectivity index (χ0n) is 11.4. The van der Waals surface area contributed by atoms with E-state index in [2.05, 4.69) is 5.32 Å². The Balaban J connectivity index is 1.93. The third-order valence-corrected chi connectivity index (χ3v) is 3.41. The maximum atomic E-state index is 11.4. The highest BCUT2D eigenvalue weighted by atomic mass is 16.5. The van der Waals surface area contributed by atoms with E-state index in [9.17, 15) is 4.79 Å². The van der Waals surface area contributed by atoms with Crippen molar-refractivity contribution >= 4 is 5.97 Å². The van der Waals surface area contributed by atoms with E-state index in [0.717, 1.165) is 37.1 Å². The van der Waals surface area contributed by atoms with Crippen LogP contribution in [0.15, 0.2) is 24.3 Å². The topological polar surface area (TPSA) is 47.6 Å². The highest BCUT2D eigenvalue weighted by Gasteiger charge is 2.14. The summed E-state index contributed by atoms with van der Waals surface area (Å²) in [6, 6.07) is 7.87. The van der Waals surface area contributed by atoms with Crippen LogP contribution in [-0.2, 0) is 27.3 Å². The van der Waals surface area contributed by atoms with E-state index in [4.69, 9.17) is 9.47 Å². The van der Waals surface area contributed by atoms with Crippen LogP contribution in [0.2, 0.25) is 0 Å². The van der Waals surface area contributed by atoms with Gasteiger partial charge >= 0.3 is 5.97 Å². The van der Waals surface area contributed by atoms with Crippen LogP contribution in [0, 0.1) is 0 Å². The molecule has 0 radical (unpaired) electrons. The van der Waals surface area contributed by atoms with Crippen molar-refractivity contribution in [1.29, 1.82) is 0 Å². The summed E-state index contributed by atoms with van der Waals surface area (Å²) in [5.41, 5.74) is 2.05. The predicted octanol–water partition coefficient (Wildman–Crippen LogP) is 1.67. The Morgan fingerprint density at radius 1 is 1.37 bits per heavy atom. The van der Waals surface area contributed by atoms with Crippen molar-refractivity contribution in [3.05, 3.63) is 35.4 Å². The molecule has 1 heterocycles. The molecule has 19 heavy (non-hydrogen) atoms. The Hall–Kier alpha value is -1.39. The van der Waals surface area contributed by atoms with Crippen LogP contribution in [0.5, 0.6) is 0 Å². The van der Waals surface area contributed by atoms with Gasteiger partial charge in [0.2, 0.25) is 0 Å². The molecule has 1 N–H and O–H groups in total. The number of carbonyl (C=O) groups excluding carboxylic acids is 1. The van der Waals surface area contributed by atoms with E-state index in [1.807, 2.05) is 24.3 Å². The molecule has 0 saturated carbocycles. The van der Waals surface area contributed by atoms with Crippen LogP contribution in [0.3, 0.4) is 0 Å². The smallest absolute Gasteiger partial charge is 0.309 e. The van der Waals surface area contributed by atoms with Gasteiger partial charge in [-0.3, -0.25) is 4.79 Å². The first-order valence-electron chi connectivity index (χ1n) is 6.75. The van der Waals surface area contributed by atoms with Gasteiger partial charge in [-0.15, -0.1) is 0 Å². The average Bonchev–Trinajstić information content (AvgIpc) is 2.47. The molecule has 1 aliphatic rings. The van der Waals surface area contributed by atoms with Crippen molar-refractivity contribution < 1.29 is 14.3 Å². The first-order valence-corrected chi connectivity index (χ1v) is 6.75. The zero-order valence-corrected chi connectivity index (χ0v) is 11.4. The molecule has 104 valence electrons. The molecule has 1 atom stereocenters. The van der Waals surface area contributed by atoms with Crippen molar-refractivity contribution in [1.82, 2.24) is 5.32 Å². The largest absolute Gasteiger partial charge is 0.469 e. The molecule has 1 aliphatic heterocycles. The highest BCUT2D eigenvalue weighted by molar-refractivity contribution is 5.72. The van der Waals surface area contributed by atoms with Gasteiger partial charge in [0.25, 0.3) is 0 Å². The number of ether oxygens (including phenoxy) is 2. The lowest BCUT2D eigenvalue weighted by molar-refractivity contribution is -0.139. The van der Waals surface area contributed by atoms with Crippen LogP contribution in [0.4, 0.5) is 0 Å². The minimum atomic E-state index is -0.216. The van der Waals surface area contributed by atoms with Crippen LogP contribution in [0.1, 0.15) is 24.0 Å². The molecule has 0 aromatic heterocycles. The molecule has 1 fully saturated rings. The number of nitrogens with one attached hydrogen (secondary N) is 1. The molecule has 4 heteroatoms. The average molecular weight is 263 g/mol.